The van der Waals surface area contributed by atoms with Crippen LogP contribution in [0.5, 0.6) is 11.5 Å². The van der Waals surface area contributed by atoms with Crippen molar-refractivity contribution in [2.75, 3.05) is 20.3 Å². The summed E-state index contributed by atoms with van der Waals surface area (Å²) in [6.07, 6.45) is 0. The van der Waals surface area contributed by atoms with Crippen LogP contribution in [-0.2, 0) is 6.54 Å². The molecule has 0 radical (unpaired) electrons. The van der Waals surface area contributed by atoms with Crippen LogP contribution in [0.1, 0.15) is 16.1 Å². The Morgan fingerprint density at radius 2 is 1.91 bits per heavy atom. The molecule has 0 N–H and O–H groups in total. The predicted octanol–water partition coefficient (Wildman–Crippen LogP) is 3.43. The van der Waals surface area contributed by atoms with Crippen LogP contribution in [0.15, 0.2) is 30.3 Å². The number of halogens is 2. The maximum atomic E-state index is 12.5. The normalized spacial score (nSPS) is 12.8. The van der Waals surface area contributed by atoms with Crippen LogP contribution in [0.3, 0.4) is 0 Å². The van der Waals surface area contributed by atoms with Gasteiger partial charge in [-0.05, 0) is 29.8 Å². The zero-order chi connectivity index (χ0) is 16.4. The molecule has 0 saturated carbocycles. The molecule has 1 aliphatic rings. The van der Waals surface area contributed by atoms with Gasteiger partial charge in [0.2, 0.25) is 0 Å². The van der Waals surface area contributed by atoms with Crippen molar-refractivity contribution in [3.05, 3.63) is 51.8 Å². The van der Waals surface area contributed by atoms with Gasteiger partial charge in [0.25, 0.3) is 5.91 Å². The van der Waals surface area contributed by atoms with Crippen LogP contribution < -0.4 is 9.47 Å². The number of aromatic nitrogens is 1. The lowest BCUT2D eigenvalue weighted by Crippen LogP contribution is -2.27. The second kappa shape index (κ2) is 6.64. The van der Waals surface area contributed by atoms with Crippen LogP contribution in [0, 0.1) is 0 Å². The van der Waals surface area contributed by atoms with E-state index in [4.69, 9.17) is 32.7 Å². The molecular formula is C16H14Cl2N2O3. The third kappa shape index (κ3) is 3.51. The van der Waals surface area contributed by atoms with Crippen LogP contribution in [-0.4, -0.2) is 36.1 Å². The first kappa shape index (κ1) is 15.9. The first-order valence-corrected chi connectivity index (χ1v) is 7.76. The van der Waals surface area contributed by atoms with Gasteiger partial charge < -0.3 is 14.4 Å². The number of rotatable bonds is 3. The molecule has 3 rings (SSSR count). The third-order valence-corrected chi connectivity index (χ3v) is 3.90. The van der Waals surface area contributed by atoms with E-state index in [9.17, 15) is 4.79 Å². The molecule has 2 heterocycles. The van der Waals surface area contributed by atoms with Gasteiger partial charge in [0.05, 0.1) is 5.02 Å². The molecule has 5 nitrogen and oxygen atoms in total. The fourth-order valence-corrected chi connectivity index (χ4v) is 2.61. The van der Waals surface area contributed by atoms with Gasteiger partial charge in [-0.1, -0.05) is 29.3 Å². The number of fused-ring (bicyclic) bond motifs is 1. The summed E-state index contributed by atoms with van der Waals surface area (Å²) < 4.78 is 11.0. The zero-order valence-corrected chi connectivity index (χ0v) is 13.9. The Balaban J connectivity index is 1.77. The molecule has 1 aliphatic heterocycles. The van der Waals surface area contributed by atoms with Gasteiger partial charge >= 0.3 is 0 Å². The van der Waals surface area contributed by atoms with Crippen molar-refractivity contribution >= 4 is 29.1 Å². The number of hydrogen-bond donors (Lipinski definition) is 0. The molecule has 1 aromatic carbocycles. The summed E-state index contributed by atoms with van der Waals surface area (Å²) in [4.78, 5) is 18.0. The highest BCUT2D eigenvalue weighted by Crippen LogP contribution is 2.31. The summed E-state index contributed by atoms with van der Waals surface area (Å²) in [5, 5.41) is 0.499. The first-order chi connectivity index (χ1) is 11.0. The minimum absolute atomic E-state index is 0.138. The van der Waals surface area contributed by atoms with Crippen molar-refractivity contribution in [3.63, 3.8) is 0 Å². The van der Waals surface area contributed by atoms with E-state index >= 15 is 0 Å². The molecule has 1 amide bonds. The number of carbonyl (C=O) groups excluding carboxylic acids is 1. The highest BCUT2D eigenvalue weighted by atomic mass is 35.5. The Bertz CT molecular complexity index is 752. The maximum absolute atomic E-state index is 12.5. The minimum atomic E-state index is -0.299. The van der Waals surface area contributed by atoms with Gasteiger partial charge in [-0.25, -0.2) is 4.98 Å². The quantitative estimate of drug-likeness (QED) is 0.794. The Hall–Kier alpha value is -1.98. The van der Waals surface area contributed by atoms with Crippen molar-refractivity contribution in [2.45, 2.75) is 6.54 Å². The minimum Gasteiger partial charge on any atom is -0.486 e. The van der Waals surface area contributed by atoms with Gasteiger partial charge in [0.1, 0.15) is 24.1 Å². The van der Waals surface area contributed by atoms with Crippen LogP contribution in [0.25, 0.3) is 0 Å². The van der Waals surface area contributed by atoms with E-state index in [-0.39, 0.29) is 21.8 Å². The number of hydrogen-bond acceptors (Lipinski definition) is 4. The lowest BCUT2D eigenvalue weighted by molar-refractivity contribution is 0.0779. The number of pyridine rings is 1. The standard InChI is InChI=1S/C16H14Cl2N2O3/c1-20(16(21)15-11(17)3-5-14(18)19-15)9-10-2-4-12-13(8-10)23-7-6-22-12/h2-5,8H,6-7,9H2,1H3. The zero-order valence-electron chi connectivity index (χ0n) is 12.4. The van der Waals surface area contributed by atoms with E-state index in [2.05, 4.69) is 4.98 Å². The van der Waals surface area contributed by atoms with Crippen molar-refractivity contribution < 1.29 is 14.3 Å². The molecule has 0 spiro atoms. The van der Waals surface area contributed by atoms with Crippen LogP contribution in [0.2, 0.25) is 10.2 Å². The molecule has 7 heteroatoms. The second-order valence-electron chi connectivity index (χ2n) is 5.10. The molecule has 23 heavy (non-hydrogen) atoms. The number of benzene rings is 1. The topological polar surface area (TPSA) is 51.7 Å². The van der Waals surface area contributed by atoms with Crippen molar-refractivity contribution in [1.29, 1.82) is 0 Å². The van der Waals surface area contributed by atoms with Gasteiger partial charge in [-0.3, -0.25) is 4.79 Å². The molecule has 0 saturated heterocycles. The molecule has 0 fully saturated rings. The fourth-order valence-electron chi connectivity index (χ4n) is 2.28. The average molecular weight is 353 g/mol. The van der Waals surface area contributed by atoms with E-state index in [1.807, 2.05) is 18.2 Å². The molecule has 0 unspecified atom stereocenters. The summed E-state index contributed by atoms with van der Waals surface area (Å²) in [7, 11) is 1.68. The molecular weight excluding hydrogens is 339 g/mol. The van der Waals surface area contributed by atoms with Gasteiger partial charge in [0, 0.05) is 13.6 Å². The second-order valence-corrected chi connectivity index (χ2v) is 5.90. The van der Waals surface area contributed by atoms with Crippen LogP contribution >= 0.6 is 23.2 Å². The number of carbonyl (C=O) groups is 1. The lowest BCUT2D eigenvalue weighted by atomic mass is 10.1. The molecule has 1 aromatic heterocycles. The molecule has 2 aromatic rings. The Kier molecular flexibility index (Phi) is 4.59. The average Bonchev–Trinajstić information content (AvgIpc) is 2.56. The van der Waals surface area contributed by atoms with E-state index in [0.717, 1.165) is 5.56 Å². The Labute approximate surface area is 143 Å². The largest absolute Gasteiger partial charge is 0.486 e. The molecule has 0 atom stereocenters. The number of nitrogens with zero attached hydrogens (tertiary/aromatic N) is 2. The maximum Gasteiger partial charge on any atom is 0.274 e. The number of ether oxygens (including phenoxy) is 2. The summed E-state index contributed by atoms with van der Waals surface area (Å²) in [5.74, 6) is 1.11. The molecule has 120 valence electrons. The predicted molar refractivity (Wildman–Crippen MR) is 87.5 cm³/mol. The first-order valence-electron chi connectivity index (χ1n) is 7.00. The molecule has 0 bridgehead atoms. The Morgan fingerprint density at radius 1 is 1.17 bits per heavy atom. The van der Waals surface area contributed by atoms with Gasteiger partial charge in [-0.15, -0.1) is 0 Å². The van der Waals surface area contributed by atoms with E-state index in [0.29, 0.717) is 31.3 Å². The summed E-state index contributed by atoms with van der Waals surface area (Å²) in [5.41, 5.74) is 1.06. The van der Waals surface area contributed by atoms with Crippen molar-refractivity contribution in [2.24, 2.45) is 0 Å². The van der Waals surface area contributed by atoms with Crippen molar-refractivity contribution in [1.82, 2.24) is 9.88 Å². The highest BCUT2D eigenvalue weighted by Gasteiger charge is 2.19. The molecule has 0 aliphatic carbocycles. The Morgan fingerprint density at radius 3 is 2.70 bits per heavy atom. The van der Waals surface area contributed by atoms with Crippen LogP contribution in [0.4, 0.5) is 0 Å². The van der Waals surface area contributed by atoms with E-state index in [1.54, 1.807) is 19.2 Å². The highest BCUT2D eigenvalue weighted by molar-refractivity contribution is 6.34. The third-order valence-electron chi connectivity index (χ3n) is 3.39. The van der Waals surface area contributed by atoms with Crippen molar-refractivity contribution in [3.8, 4) is 11.5 Å². The smallest absolute Gasteiger partial charge is 0.274 e. The summed E-state index contributed by atoms with van der Waals surface area (Å²) in [6, 6.07) is 8.70. The SMILES string of the molecule is CN(Cc1ccc2c(c1)OCCO2)C(=O)c1nc(Cl)ccc1Cl. The van der Waals surface area contributed by atoms with Gasteiger partial charge in [-0.2, -0.15) is 0 Å². The van der Waals surface area contributed by atoms with E-state index < -0.39 is 0 Å². The summed E-state index contributed by atoms with van der Waals surface area (Å²) >= 11 is 11.9. The fraction of sp³-hybridized carbons (Fsp3) is 0.250. The van der Waals surface area contributed by atoms with Gasteiger partial charge in [0.15, 0.2) is 11.5 Å². The number of amides is 1. The lowest BCUT2D eigenvalue weighted by Gasteiger charge is -2.21. The van der Waals surface area contributed by atoms with E-state index in [1.165, 1.54) is 4.90 Å². The summed E-state index contributed by atoms with van der Waals surface area (Å²) in [6.45, 7) is 1.46. The monoisotopic (exact) mass is 352 g/mol.